The largest absolute Gasteiger partial charge is 0.354 e. The summed E-state index contributed by atoms with van der Waals surface area (Å²) < 4.78 is 0. The fraction of sp³-hybridized carbons (Fsp3) is 0.846. The van der Waals surface area contributed by atoms with Crippen molar-refractivity contribution in [2.45, 2.75) is 51.4 Å². The highest BCUT2D eigenvalue weighted by Gasteiger charge is 2.39. The molecule has 2 fully saturated rings. The summed E-state index contributed by atoms with van der Waals surface area (Å²) in [7, 11) is 0. The third kappa shape index (κ3) is 2.21. The molecule has 0 aliphatic heterocycles. The molecular weight excluding hydrogens is 200 g/mol. The first-order chi connectivity index (χ1) is 7.77. The quantitative estimate of drug-likeness (QED) is 0.794. The highest BCUT2D eigenvalue weighted by atomic mass is 16.2. The van der Waals surface area contributed by atoms with Crippen LogP contribution in [0.15, 0.2) is 0 Å². The van der Waals surface area contributed by atoms with E-state index in [4.69, 9.17) is 0 Å². The van der Waals surface area contributed by atoms with Crippen molar-refractivity contribution in [3.8, 4) is 6.07 Å². The van der Waals surface area contributed by atoms with Gasteiger partial charge in [0.2, 0.25) is 5.91 Å². The predicted octanol–water partition coefficient (Wildman–Crippen LogP) is 2.38. The molecule has 0 saturated heterocycles. The van der Waals surface area contributed by atoms with Gasteiger partial charge >= 0.3 is 0 Å². The number of nitrogens with one attached hydrogen (secondary N) is 1. The Kier molecular flexibility index (Phi) is 3.48. The molecule has 16 heavy (non-hydrogen) atoms. The molecular formula is C13H20N2O. The van der Waals surface area contributed by atoms with Crippen molar-refractivity contribution in [2.75, 3.05) is 6.54 Å². The topological polar surface area (TPSA) is 52.9 Å². The van der Waals surface area contributed by atoms with Gasteiger partial charge < -0.3 is 5.32 Å². The van der Waals surface area contributed by atoms with Crippen molar-refractivity contribution in [2.24, 2.45) is 11.3 Å². The van der Waals surface area contributed by atoms with E-state index in [2.05, 4.69) is 11.4 Å². The number of amides is 1. The molecule has 0 spiro atoms. The van der Waals surface area contributed by atoms with E-state index in [0.29, 0.717) is 5.92 Å². The highest BCUT2D eigenvalue weighted by Crippen LogP contribution is 2.36. The second kappa shape index (κ2) is 4.86. The predicted molar refractivity (Wildman–Crippen MR) is 61.5 cm³/mol. The van der Waals surface area contributed by atoms with Gasteiger partial charge in [0, 0.05) is 6.54 Å². The highest BCUT2D eigenvalue weighted by molar-refractivity contribution is 5.85. The van der Waals surface area contributed by atoms with Gasteiger partial charge in [0.05, 0.1) is 6.07 Å². The minimum absolute atomic E-state index is 0.0124. The maximum absolute atomic E-state index is 12.1. The molecule has 0 aromatic rings. The number of carbonyl (C=O) groups is 1. The van der Waals surface area contributed by atoms with Crippen molar-refractivity contribution in [3.63, 3.8) is 0 Å². The molecule has 2 saturated carbocycles. The number of hydrogen-bond donors (Lipinski definition) is 1. The Labute approximate surface area is 97.2 Å². The molecule has 2 rings (SSSR count). The lowest BCUT2D eigenvalue weighted by Crippen LogP contribution is -2.43. The number of carbonyl (C=O) groups excluding carboxylic acids is 1. The van der Waals surface area contributed by atoms with Gasteiger partial charge in [-0.1, -0.05) is 25.7 Å². The molecule has 2 aliphatic rings. The van der Waals surface area contributed by atoms with Gasteiger partial charge in [-0.25, -0.2) is 0 Å². The Bertz CT molecular complexity index is 296. The van der Waals surface area contributed by atoms with Gasteiger partial charge in [0.15, 0.2) is 0 Å². The van der Waals surface area contributed by atoms with E-state index in [1.54, 1.807) is 0 Å². The smallest absolute Gasteiger partial charge is 0.240 e. The van der Waals surface area contributed by atoms with E-state index in [1.807, 2.05) is 0 Å². The van der Waals surface area contributed by atoms with Crippen LogP contribution in [0.5, 0.6) is 0 Å². The molecule has 1 amide bonds. The summed E-state index contributed by atoms with van der Waals surface area (Å²) in [5, 5.41) is 12.2. The first kappa shape index (κ1) is 11.4. The first-order valence-electron chi connectivity index (χ1n) is 6.46. The fourth-order valence-electron chi connectivity index (χ4n) is 2.65. The zero-order valence-corrected chi connectivity index (χ0v) is 9.80. The Morgan fingerprint density at radius 1 is 1.25 bits per heavy atom. The van der Waals surface area contributed by atoms with Crippen LogP contribution in [0.4, 0.5) is 0 Å². The standard InChI is InChI=1S/C13H20N2O/c14-10-13(7-2-1-3-8-13)12(16)15-9-11-5-4-6-11/h11H,1-9H2,(H,15,16). The number of nitriles is 1. The zero-order chi connectivity index (χ0) is 11.4. The summed E-state index contributed by atoms with van der Waals surface area (Å²) in [6.45, 7) is 0.780. The molecule has 0 radical (unpaired) electrons. The number of hydrogen-bond acceptors (Lipinski definition) is 2. The molecule has 1 N–H and O–H groups in total. The van der Waals surface area contributed by atoms with Crippen molar-refractivity contribution >= 4 is 5.91 Å². The van der Waals surface area contributed by atoms with E-state index in [-0.39, 0.29) is 5.91 Å². The van der Waals surface area contributed by atoms with Crippen LogP contribution in [0.1, 0.15) is 51.4 Å². The van der Waals surface area contributed by atoms with Crippen LogP contribution in [0.3, 0.4) is 0 Å². The summed E-state index contributed by atoms with van der Waals surface area (Å²) in [5.74, 6) is 0.657. The average molecular weight is 220 g/mol. The van der Waals surface area contributed by atoms with E-state index in [1.165, 1.54) is 25.7 Å². The third-order valence-corrected chi connectivity index (χ3v) is 4.13. The monoisotopic (exact) mass is 220 g/mol. The molecule has 3 nitrogen and oxygen atoms in total. The molecule has 0 unspecified atom stereocenters. The Hall–Kier alpha value is -1.04. The van der Waals surface area contributed by atoms with E-state index < -0.39 is 5.41 Å². The fourth-order valence-corrected chi connectivity index (χ4v) is 2.65. The second-order valence-electron chi connectivity index (χ2n) is 5.26. The van der Waals surface area contributed by atoms with Gasteiger partial charge in [-0.15, -0.1) is 0 Å². The van der Waals surface area contributed by atoms with Crippen LogP contribution in [-0.2, 0) is 4.79 Å². The van der Waals surface area contributed by atoms with Crippen molar-refractivity contribution in [3.05, 3.63) is 0 Å². The summed E-state index contributed by atoms with van der Waals surface area (Å²) >= 11 is 0. The minimum Gasteiger partial charge on any atom is -0.354 e. The lowest BCUT2D eigenvalue weighted by atomic mass is 9.74. The summed E-state index contributed by atoms with van der Waals surface area (Å²) in [6, 6.07) is 2.26. The van der Waals surface area contributed by atoms with Crippen molar-refractivity contribution in [1.29, 1.82) is 5.26 Å². The Morgan fingerprint density at radius 3 is 2.44 bits per heavy atom. The molecule has 88 valence electrons. The van der Waals surface area contributed by atoms with Gasteiger partial charge in [0.25, 0.3) is 0 Å². The molecule has 3 heteroatoms. The minimum atomic E-state index is -0.706. The number of rotatable bonds is 3. The normalized spacial score (nSPS) is 24.2. The first-order valence-corrected chi connectivity index (χ1v) is 6.46. The van der Waals surface area contributed by atoms with Gasteiger partial charge in [-0.2, -0.15) is 5.26 Å². The van der Waals surface area contributed by atoms with E-state index in [0.717, 1.165) is 32.2 Å². The molecule has 0 heterocycles. The zero-order valence-electron chi connectivity index (χ0n) is 9.80. The molecule has 0 aromatic carbocycles. The van der Waals surface area contributed by atoms with Crippen LogP contribution >= 0.6 is 0 Å². The van der Waals surface area contributed by atoms with Crippen LogP contribution in [-0.4, -0.2) is 12.5 Å². The van der Waals surface area contributed by atoms with Crippen LogP contribution in [0.25, 0.3) is 0 Å². The Morgan fingerprint density at radius 2 is 1.94 bits per heavy atom. The maximum atomic E-state index is 12.1. The molecule has 2 aliphatic carbocycles. The maximum Gasteiger partial charge on any atom is 0.240 e. The third-order valence-electron chi connectivity index (χ3n) is 4.13. The van der Waals surface area contributed by atoms with Gasteiger partial charge in [0.1, 0.15) is 5.41 Å². The molecule has 0 atom stereocenters. The summed E-state index contributed by atoms with van der Waals surface area (Å²) in [5.41, 5.74) is -0.706. The van der Waals surface area contributed by atoms with Gasteiger partial charge in [-0.3, -0.25) is 4.79 Å². The lowest BCUT2D eigenvalue weighted by Gasteiger charge is -2.31. The lowest BCUT2D eigenvalue weighted by molar-refractivity contribution is -0.129. The van der Waals surface area contributed by atoms with Crippen LogP contribution in [0, 0.1) is 22.7 Å². The number of nitrogens with zero attached hydrogens (tertiary/aromatic N) is 1. The van der Waals surface area contributed by atoms with E-state index in [9.17, 15) is 10.1 Å². The SMILES string of the molecule is N#CC1(C(=O)NCC2CCC2)CCCCC1. The Balaban J connectivity index is 1.87. The van der Waals surface area contributed by atoms with E-state index >= 15 is 0 Å². The molecule has 0 bridgehead atoms. The second-order valence-corrected chi connectivity index (χ2v) is 5.26. The average Bonchev–Trinajstić information content (AvgIpc) is 2.27. The van der Waals surface area contributed by atoms with Gasteiger partial charge in [-0.05, 0) is 31.6 Å². The molecule has 0 aromatic heterocycles. The van der Waals surface area contributed by atoms with Crippen molar-refractivity contribution < 1.29 is 4.79 Å². The van der Waals surface area contributed by atoms with Crippen molar-refractivity contribution in [1.82, 2.24) is 5.32 Å². The summed E-state index contributed by atoms with van der Waals surface area (Å²) in [4.78, 5) is 12.1. The van der Waals surface area contributed by atoms with Crippen LogP contribution < -0.4 is 5.32 Å². The van der Waals surface area contributed by atoms with Crippen LogP contribution in [0.2, 0.25) is 0 Å². The summed E-state index contributed by atoms with van der Waals surface area (Å²) in [6.07, 6.45) is 8.47.